The Labute approximate surface area is 89.4 Å². The van der Waals surface area contributed by atoms with Crippen molar-refractivity contribution in [2.75, 3.05) is 6.61 Å². The summed E-state index contributed by atoms with van der Waals surface area (Å²) in [6, 6.07) is 0. The minimum Gasteiger partial charge on any atom is -0.394 e. The number of rotatable bonds is 5. The van der Waals surface area contributed by atoms with E-state index in [1.54, 1.807) is 17.1 Å². The van der Waals surface area contributed by atoms with E-state index in [4.69, 9.17) is 9.63 Å². The second-order valence-electron chi connectivity index (χ2n) is 2.73. The summed E-state index contributed by atoms with van der Waals surface area (Å²) in [5.41, 5.74) is 0.971. The molecule has 2 rings (SSSR count). The van der Waals surface area contributed by atoms with Gasteiger partial charge >= 0.3 is 0 Å². The number of aliphatic hydroxyl groups excluding tert-OH is 1. The van der Waals surface area contributed by atoms with E-state index >= 15 is 0 Å². The Balaban J connectivity index is 1.95. The highest BCUT2D eigenvalue weighted by Crippen LogP contribution is 2.19. The van der Waals surface area contributed by atoms with E-state index in [0.717, 1.165) is 5.56 Å². The highest BCUT2D eigenvalue weighted by Gasteiger charge is 2.06. The van der Waals surface area contributed by atoms with Crippen molar-refractivity contribution in [3.63, 3.8) is 0 Å². The Bertz CT molecular complexity index is 401. The van der Waals surface area contributed by atoms with Gasteiger partial charge in [0.15, 0.2) is 0 Å². The maximum absolute atomic E-state index is 8.76. The highest BCUT2D eigenvalue weighted by molar-refractivity contribution is 7.98. The Morgan fingerprint density at radius 2 is 2.47 bits per heavy atom. The summed E-state index contributed by atoms with van der Waals surface area (Å²) in [5.74, 6) is 0.690. The molecule has 0 saturated carbocycles. The van der Waals surface area contributed by atoms with E-state index < -0.39 is 0 Å². The van der Waals surface area contributed by atoms with Crippen molar-refractivity contribution in [2.45, 2.75) is 17.5 Å². The van der Waals surface area contributed by atoms with Crippen LogP contribution in [0.4, 0.5) is 0 Å². The first-order valence-corrected chi connectivity index (χ1v) is 5.27. The van der Waals surface area contributed by atoms with E-state index in [-0.39, 0.29) is 6.61 Å². The summed E-state index contributed by atoms with van der Waals surface area (Å²) >= 11 is 1.47. The molecule has 0 bridgehead atoms. The molecule has 1 N–H and O–H groups in total. The standard InChI is InChI=1S/C7H9N5O2S/c13-2-1-12-7(9-10-11-12)15-5-6-3-8-14-4-6/h3-4,13H,1-2,5H2. The maximum Gasteiger partial charge on any atom is 0.209 e. The van der Waals surface area contributed by atoms with Crippen molar-refractivity contribution in [3.05, 3.63) is 18.0 Å². The first-order valence-electron chi connectivity index (χ1n) is 4.28. The molecule has 0 aromatic carbocycles. The van der Waals surface area contributed by atoms with Gasteiger partial charge in [-0.25, -0.2) is 4.68 Å². The van der Waals surface area contributed by atoms with Crippen LogP contribution in [0, 0.1) is 0 Å². The fraction of sp³-hybridized carbons (Fsp3) is 0.429. The molecular formula is C7H9N5O2S. The molecule has 15 heavy (non-hydrogen) atoms. The molecule has 0 unspecified atom stereocenters. The number of thioether (sulfide) groups is 1. The molecule has 0 atom stereocenters. The summed E-state index contributed by atoms with van der Waals surface area (Å²) in [5, 5.41) is 24.1. The molecule has 8 heteroatoms. The van der Waals surface area contributed by atoms with Crippen LogP contribution in [0.3, 0.4) is 0 Å². The van der Waals surface area contributed by atoms with Gasteiger partial charge in [-0.15, -0.1) is 5.10 Å². The van der Waals surface area contributed by atoms with E-state index in [0.29, 0.717) is 17.5 Å². The molecule has 0 aliphatic rings. The predicted octanol–water partition coefficient (Wildman–Crippen LogP) is -0.0543. The summed E-state index contributed by atoms with van der Waals surface area (Å²) in [4.78, 5) is 0. The number of tetrazole rings is 1. The van der Waals surface area contributed by atoms with Gasteiger partial charge in [-0.1, -0.05) is 16.9 Å². The molecule has 2 aromatic rings. The quantitative estimate of drug-likeness (QED) is 0.716. The Hall–Kier alpha value is -1.41. The van der Waals surface area contributed by atoms with E-state index in [2.05, 4.69) is 20.7 Å². The number of hydrogen-bond donors (Lipinski definition) is 1. The van der Waals surface area contributed by atoms with E-state index in [1.807, 2.05) is 0 Å². The zero-order valence-electron chi connectivity index (χ0n) is 7.78. The lowest BCUT2D eigenvalue weighted by Crippen LogP contribution is -2.05. The smallest absolute Gasteiger partial charge is 0.209 e. The maximum atomic E-state index is 8.76. The third-order valence-electron chi connectivity index (χ3n) is 1.66. The fourth-order valence-electron chi connectivity index (χ4n) is 0.981. The normalized spacial score (nSPS) is 10.7. The molecule has 2 aromatic heterocycles. The summed E-state index contributed by atoms with van der Waals surface area (Å²) in [6.45, 7) is 0.421. The van der Waals surface area contributed by atoms with Crippen molar-refractivity contribution in [1.29, 1.82) is 0 Å². The van der Waals surface area contributed by atoms with Crippen molar-refractivity contribution in [3.8, 4) is 0 Å². The third-order valence-corrected chi connectivity index (χ3v) is 2.69. The first-order chi connectivity index (χ1) is 7.40. The van der Waals surface area contributed by atoms with Gasteiger partial charge in [-0.05, 0) is 10.4 Å². The van der Waals surface area contributed by atoms with Crippen LogP contribution in [0.15, 0.2) is 22.1 Å². The molecule has 0 radical (unpaired) electrons. The lowest BCUT2D eigenvalue weighted by Gasteiger charge is -1.99. The molecule has 80 valence electrons. The van der Waals surface area contributed by atoms with Crippen LogP contribution < -0.4 is 0 Å². The van der Waals surface area contributed by atoms with Gasteiger partial charge in [-0.2, -0.15) is 0 Å². The van der Waals surface area contributed by atoms with Crippen LogP contribution in [0.1, 0.15) is 5.56 Å². The van der Waals surface area contributed by atoms with Crippen LogP contribution in [0.25, 0.3) is 0 Å². The zero-order chi connectivity index (χ0) is 10.5. The Morgan fingerprint density at radius 3 is 3.20 bits per heavy atom. The van der Waals surface area contributed by atoms with Gasteiger partial charge < -0.3 is 9.63 Å². The molecule has 0 aliphatic carbocycles. The second kappa shape index (κ2) is 4.89. The van der Waals surface area contributed by atoms with Crippen LogP contribution in [-0.4, -0.2) is 37.1 Å². The molecule has 0 amide bonds. The molecule has 0 saturated heterocycles. The summed E-state index contributed by atoms with van der Waals surface area (Å²) in [7, 11) is 0. The number of hydrogen-bond acceptors (Lipinski definition) is 7. The second-order valence-corrected chi connectivity index (χ2v) is 3.67. The zero-order valence-corrected chi connectivity index (χ0v) is 8.59. The van der Waals surface area contributed by atoms with Gasteiger partial charge in [0.2, 0.25) is 5.16 Å². The monoisotopic (exact) mass is 227 g/mol. The van der Waals surface area contributed by atoms with Gasteiger partial charge in [0.05, 0.1) is 19.3 Å². The lowest BCUT2D eigenvalue weighted by molar-refractivity contribution is 0.262. The van der Waals surface area contributed by atoms with Crippen LogP contribution in [0.5, 0.6) is 0 Å². The molecule has 0 aliphatic heterocycles. The molecule has 0 spiro atoms. The van der Waals surface area contributed by atoms with E-state index in [1.165, 1.54) is 11.8 Å². The van der Waals surface area contributed by atoms with Gasteiger partial charge in [-0.3, -0.25) is 0 Å². The van der Waals surface area contributed by atoms with E-state index in [9.17, 15) is 0 Å². The Morgan fingerprint density at radius 1 is 1.53 bits per heavy atom. The summed E-state index contributed by atoms with van der Waals surface area (Å²) in [6.07, 6.45) is 3.22. The van der Waals surface area contributed by atoms with Crippen molar-refractivity contribution in [1.82, 2.24) is 25.4 Å². The van der Waals surface area contributed by atoms with Gasteiger partial charge in [0.1, 0.15) is 6.26 Å². The fourth-order valence-corrected chi connectivity index (χ4v) is 1.79. The van der Waals surface area contributed by atoms with Crippen LogP contribution in [0.2, 0.25) is 0 Å². The van der Waals surface area contributed by atoms with Crippen LogP contribution in [-0.2, 0) is 12.3 Å². The molecular weight excluding hydrogens is 218 g/mol. The molecule has 0 fully saturated rings. The Kier molecular flexibility index (Phi) is 3.30. The third kappa shape index (κ3) is 2.54. The largest absolute Gasteiger partial charge is 0.394 e. The van der Waals surface area contributed by atoms with Crippen molar-refractivity contribution < 1.29 is 9.63 Å². The van der Waals surface area contributed by atoms with Crippen molar-refractivity contribution >= 4 is 11.8 Å². The minimum absolute atomic E-state index is 0.0197. The van der Waals surface area contributed by atoms with Gasteiger partial charge in [0.25, 0.3) is 0 Å². The van der Waals surface area contributed by atoms with Crippen LogP contribution >= 0.6 is 11.8 Å². The highest BCUT2D eigenvalue weighted by atomic mass is 32.2. The van der Waals surface area contributed by atoms with Gasteiger partial charge in [0, 0.05) is 11.3 Å². The number of aromatic nitrogens is 5. The minimum atomic E-state index is 0.0197. The lowest BCUT2D eigenvalue weighted by atomic mass is 10.4. The number of aliphatic hydroxyl groups is 1. The average molecular weight is 227 g/mol. The van der Waals surface area contributed by atoms with Crippen molar-refractivity contribution in [2.24, 2.45) is 0 Å². The topological polar surface area (TPSA) is 89.9 Å². The molecule has 2 heterocycles. The first kappa shape index (κ1) is 10.1. The number of nitrogens with zero attached hydrogens (tertiary/aromatic N) is 5. The SMILES string of the molecule is OCCn1nnnc1SCc1cnoc1. The molecule has 7 nitrogen and oxygen atoms in total. The predicted molar refractivity (Wildman–Crippen MR) is 51.0 cm³/mol. The summed E-state index contributed by atoms with van der Waals surface area (Å²) < 4.78 is 6.25. The average Bonchev–Trinajstić information content (AvgIpc) is 2.85.